The molecule has 3 N–H and O–H groups in total. The van der Waals surface area contributed by atoms with Gasteiger partial charge in [-0.05, 0) is 12.1 Å². The number of sulfonamides is 1. The van der Waals surface area contributed by atoms with Gasteiger partial charge in [-0.1, -0.05) is 48.5 Å². The van der Waals surface area contributed by atoms with Crippen LogP contribution >= 0.6 is 0 Å². The highest BCUT2D eigenvalue weighted by Crippen LogP contribution is 2.14. The molecule has 98 valence electrons. The van der Waals surface area contributed by atoms with Crippen molar-refractivity contribution in [1.82, 2.24) is 4.41 Å². The van der Waals surface area contributed by atoms with E-state index >= 15 is 0 Å². The van der Waals surface area contributed by atoms with Crippen LogP contribution in [0.3, 0.4) is 0 Å². The number of rotatable bonds is 3. The van der Waals surface area contributed by atoms with E-state index in [1.165, 1.54) is 12.1 Å². The molecule has 0 spiro atoms. The van der Waals surface area contributed by atoms with Gasteiger partial charge in [0.15, 0.2) is 5.84 Å². The van der Waals surface area contributed by atoms with Crippen molar-refractivity contribution in [3.05, 3.63) is 66.2 Å². The van der Waals surface area contributed by atoms with Crippen molar-refractivity contribution in [2.45, 2.75) is 4.90 Å². The molecule has 0 radical (unpaired) electrons. The summed E-state index contributed by atoms with van der Waals surface area (Å²) < 4.78 is 24.9. The number of nitrogens with one attached hydrogen (secondary N) is 1. The third kappa shape index (κ3) is 2.64. The molecule has 0 heterocycles. The molecule has 0 bridgehead atoms. The van der Waals surface area contributed by atoms with Crippen LogP contribution < -0.4 is 5.84 Å². The third-order valence-corrected chi connectivity index (χ3v) is 4.14. The van der Waals surface area contributed by atoms with E-state index in [0.29, 0.717) is 9.98 Å². The Hall–Kier alpha value is -2.18. The molecule has 0 aromatic heterocycles. The minimum Gasteiger partial charge on any atom is -0.282 e. The van der Waals surface area contributed by atoms with Gasteiger partial charge >= 0.3 is 0 Å². The lowest BCUT2D eigenvalue weighted by atomic mass is 10.2. The van der Waals surface area contributed by atoms with Crippen molar-refractivity contribution in [2.24, 2.45) is 5.84 Å². The summed E-state index contributed by atoms with van der Waals surface area (Å²) in [5, 5.41) is 7.86. The summed E-state index contributed by atoms with van der Waals surface area (Å²) in [6.45, 7) is 0. The predicted octanol–water partition coefficient (Wildman–Crippen LogP) is 1.58. The second-order valence-corrected chi connectivity index (χ2v) is 5.64. The van der Waals surface area contributed by atoms with Gasteiger partial charge in [-0.25, -0.2) is 5.84 Å². The van der Waals surface area contributed by atoms with Crippen LogP contribution in [0.2, 0.25) is 0 Å². The fourth-order valence-corrected chi connectivity index (χ4v) is 2.62. The molecule has 0 aliphatic rings. The number of hydrazine groups is 1. The molecular formula is C13H13N3O2S. The van der Waals surface area contributed by atoms with E-state index in [2.05, 4.69) is 0 Å². The maximum Gasteiger partial charge on any atom is 0.278 e. The van der Waals surface area contributed by atoms with Gasteiger partial charge in [0.1, 0.15) is 0 Å². The summed E-state index contributed by atoms with van der Waals surface area (Å²) in [7, 11) is -3.90. The van der Waals surface area contributed by atoms with E-state index < -0.39 is 10.0 Å². The zero-order valence-corrected chi connectivity index (χ0v) is 10.8. The van der Waals surface area contributed by atoms with Gasteiger partial charge in [0.05, 0.1) is 4.90 Å². The number of nitrogens with two attached hydrogens (primary N) is 1. The molecule has 2 aromatic rings. The van der Waals surface area contributed by atoms with E-state index in [0.717, 1.165) is 0 Å². The summed E-state index contributed by atoms with van der Waals surface area (Å²) >= 11 is 0. The van der Waals surface area contributed by atoms with Crippen LogP contribution in [0.1, 0.15) is 5.56 Å². The summed E-state index contributed by atoms with van der Waals surface area (Å²) in [6.07, 6.45) is 0. The molecule has 0 amide bonds. The molecule has 5 nitrogen and oxygen atoms in total. The quantitative estimate of drug-likeness (QED) is 0.386. The number of amidine groups is 1. The highest BCUT2D eigenvalue weighted by Gasteiger charge is 2.24. The molecule has 2 rings (SSSR count). The van der Waals surface area contributed by atoms with Gasteiger partial charge in [-0.3, -0.25) is 5.41 Å². The Morgan fingerprint density at radius 3 is 1.95 bits per heavy atom. The molecule has 19 heavy (non-hydrogen) atoms. The Bertz CT molecular complexity index is 670. The second kappa shape index (κ2) is 5.21. The maximum atomic E-state index is 12.2. The van der Waals surface area contributed by atoms with E-state index in [1.54, 1.807) is 48.5 Å². The fraction of sp³-hybridized carbons (Fsp3) is 0. The maximum absolute atomic E-state index is 12.2. The van der Waals surface area contributed by atoms with Crippen molar-refractivity contribution in [3.8, 4) is 0 Å². The molecule has 0 fully saturated rings. The van der Waals surface area contributed by atoms with Crippen molar-refractivity contribution < 1.29 is 8.42 Å². The molecular weight excluding hydrogens is 262 g/mol. The monoisotopic (exact) mass is 275 g/mol. The Morgan fingerprint density at radius 1 is 0.947 bits per heavy atom. The first-order valence-corrected chi connectivity index (χ1v) is 6.96. The van der Waals surface area contributed by atoms with Crippen LogP contribution in [-0.2, 0) is 10.0 Å². The van der Waals surface area contributed by atoms with Gasteiger partial charge in [-0.2, -0.15) is 12.8 Å². The second-order valence-electron chi connectivity index (χ2n) is 3.83. The van der Waals surface area contributed by atoms with Gasteiger partial charge in [-0.15, -0.1) is 0 Å². The van der Waals surface area contributed by atoms with Gasteiger partial charge < -0.3 is 0 Å². The predicted molar refractivity (Wildman–Crippen MR) is 72.9 cm³/mol. The Kier molecular flexibility index (Phi) is 3.64. The number of hydrogen-bond acceptors (Lipinski definition) is 4. The average molecular weight is 275 g/mol. The van der Waals surface area contributed by atoms with Gasteiger partial charge in [0.2, 0.25) is 0 Å². The Morgan fingerprint density at radius 2 is 1.42 bits per heavy atom. The third-order valence-electron chi connectivity index (χ3n) is 2.57. The van der Waals surface area contributed by atoms with Crippen LogP contribution in [-0.4, -0.2) is 18.7 Å². The lowest BCUT2D eigenvalue weighted by molar-refractivity contribution is 0.531. The molecule has 0 aliphatic carbocycles. The molecule has 2 aromatic carbocycles. The Labute approximate surface area is 111 Å². The number of benzene rings is 2. The van der Waals surface area contributed by atoms with Crippen molar-refractivity contribution in [2.75, 3.05) is 0 Å². The van der Waals surface area contributed by atoms with Gasteiger partial charge in [0.25, 0.3) is 10.0 Å². The SMILES string of the molecule is N=C(c1ccccc1)N(N)S(=O)(=O)c1ccccc1. The van der Waals surface area contributed by atoms with E-state index in [1.807, 2.05) is 0 Å². The molecule has 0 saturated carbocycles. The molecule has 0 atom stereocenters. The first kappa shape index (κ1) is 13.3. The first-order valence-electron chi connectivity index (χ1n) is 5.52. The minimum absolute atomic E-state index is 0.0539. The van der Waals surface area contributed by atoms with Crippen LogP contribution in [0.4, 0.5) is 0 Å². The Balaban J connectivity index is 2.35. The summed E-state index contributed by atoms with van der Waals surface area (Å²) in [6, 6.07) is 16.3. The highest BCUT2D eigenvalue weighted by atomic mass is 32.2. The smallest absolute Gasteiger partial charge is 0.278 e. The molecule has 0 aliphatic heterocycles. The molecule has 6 heteroatoms. The standard InChI is InChI=1S/C13H13N3O2S/c14-13(11-7-3-1-4-8-11)16(15)19(17,18)12-9-5-2-6-10-12/h1-10,14H,15H2. The first-order chi connectivity index (χ1) is 9.03. The van der Waals surface area contributed by atoms with Gasteiger partial charge in [0, 0.05) is 5.56 Å². The lowest BCUT2D eigenvalue weighted by Gasteiger charge is -2.19. The molecule has 0 saturated heterocycles. The van der Waals surface area contributed by atoms with E-state index in [4.69, 9.17) is 11.3 Å². The van der Waals surface area contributed by atoms with E-state index in [9.17, 15) is 8.42 Å². The van der Waals surface area contributed by atoms with Crippen LogP contribution in [0.15, 0.2) is 65.6 Å². The number of hydrogen-bond donors (Lipinski definition) is 2. The summed E-state index contributed by atoms with van der Waals surface area (Å²) in [5.74, 6) is 5.31. The van der Waals surface area contributed by atoms with Crippen molar-refractivity contribution in [1.29, 1.82) is 5.41 Å². The zero-order valence-electron chi connectivity index (χ0n) is 10.0. The van der Waals surface area contributed by atoms with Crippen molar-refractivity contribution in [3.63, 3.8) is 0 Å². The lowest BCUT2D eigenvalue weighted by Crippen LogP contribution is -2.42. The highest BCUT2D eigenvalue weighted by molar-refractivity contribution is 7.89. The number of nitrogens with zero attached hydrogens (tertiary/aromatic N) is 1. The van der Waals surface area contributed by atoms with Crippen LogP contribution in [0, 0.1) is 5.41 Å². The van der Waals surface area contributed by atoms with E-state index in [-0.39, 0.29) is 10.7 Å². The molecule has 0 unspecified atom stereocenters. The normalized spacial score (nSPS) is 11.0. The van der Waals surface area contributed by atoms with Crippen LogP contribution in [0.5, 0.6) is 0 Å². The largest absolute Gasteiger partial charge is 0.282 e. The average Bonchev–Trinajstić information content (AvgIpc) is 2.47. The fourth-order valence-electron chi connectivity index (χ4n) is 1.55. The zero-order chi connectivity index (χ0) is 13.9. The summed E-state index contributed by atoms with van der Waals surface area (Å²) in [5.41, 5.74) is 0.435. The topological polar surface area (TPSA) is 87.2 Å². The summed E-state index contributed by atoms with van der Waals surface area (Å²) in [4.78, 5) is 0.0539. The van der Waals surface area contributed by atoms with Crippen molar-refractivity contribution >= 4 is 15.9 Å². The van der Waals surface area contributed by atoms with Crippen LogP contribution in [0.25, 0.3) is 0 Å². The minimum atomic E-state index is -3.90.